The van der Waals surface area contributed by atoms with Crippen LogP contribution in [0.4, 0.5) is 5.69 Å². The second-order valence-electron chi connectivity index (χ2n) is 7.39. The Balaban J connectivity index is 1.84. The van der Waals surface area contributed by atoms with E-state index < -0.39 is 10.0 Å². The lowest BCUT2D eigenvalue weighted by Crippen LogP contribution is -2.23. The van der Waals surface area contributed by atoms with E-state index >= 15 is 0 Å². The summed E-state index contributed by atoms with van der Waals surface area (Å²) in [5, 5.41) is 7.43. The molecule has 3 aromatic rings. The molecule has 0 spiro atoms. The third-order valence-corrected chi connectivity index (χ3v) is 6.85. The van der Waals surface area contributed by atoms with E-state index in [4.69, 9.17) is 0 Å². The predicted octanol–water partition coefficient (Wildman–Crippen LogP) is 3.23. The van der Waals surface area contributed by atoms with Crippen molar-refractivity contribution in [3.63, 3.8) is 0 Å². The Morgan fingerprint density at radius 2 is 1.73 bits per heavy atom. The molecule has 0 aliphatic rings. The zero-order chi connectivity index (χ0) is 22.1. The van der Waals surface area contributed by atoms with Gasteiger partial charge in [0.2, 0.25) is 15.9 Å². The predicted molar refractivity (Wildman–Crippen MR) is 117 cm³/mol. The zero-order valence-corrected chi connectivity index (χ0v) is 18.6. The third kappa shape index (κ3) is 4.29. The zero-order valence-electron chi connectivity index (χ0n) is 17.8. The number of hydrogen-bond donors (Lipinski definition) is 1. The number of nitrogens with zero attached hydrogens (tertiary/aromatic N) is 3. The van der Waals surface area contributed by atoms with E-state index in [2.05, 4.69) is 10.4 Å². The van der Waals surface area contributed by atoms with E-state index in [-0.39, 0.29) is 17.2 Å². The number of aromatic nitrogens is 2. The molecule has 8 heteroatoms. The van der Waals surface area contributed by atoms with Crippen LogP contribution in [0.15, 0.2) is 53.4 Å². The van der Waals surface area contributed by atoms with Crippen LogP contribution in [-0.2, 0) is 21.2 Å². The minimum absolute atomic E-state index is 0.137. The Morgan fingerprint density at radius 3 is 2.37 bits per heavy atom. The second kappa shape index (κ2) is 8.41. The molecule has 30 heavy (non-hydrogen) atoms. The van der Waals surface area contributed by atoms with Gasteiger partial charge in [0.25, 0.3) is 0 Å². The van der Waals surface area contributed by atoms with Gasteiger partial charge in [0.1, 0.15) is 0 Å². The van der Waals surface area contributed by atoms with Gasteiger partial charge in [0.15, 0.2) is 0 Å². The van der Waals surface area contributed by atoms with Gasteiger partial charge in [-0.2, -0.15) is 5.10 Å². The van der Waals surface area contributed by atoms with Crippen molar-refractivity contribution in [2.75, 3.05) is 19.4 Å². The SMILES string of the molecule is Cc1ccc(S(=O)(=O)N(C)C)cc1NC(=O)Cc1c(C)nn(-c2ccccc2)c1C. The van der Waals surface area contributed by atoms with Crippen molar-refractivity contribution in [3.05, 3.63) is 71.0 Å². The average molecular weight is 427 g/mol. The highest BCUT2D eigenvalue weighted by molar-refractivity contribution is 7.89. The van der Waals surface area contributed by atoms with E-state index in [1.165, 1.54) is 20.2 Å². The van der Waals surface area contributed by atoms with Crippen molar-refractivity contribution >= 4 is 21.6 Å². The van der Waals surface area contributed by atoms with Crippen LogP contribution >= 0.6 is 0 Å². The maximum absolute atomic E-state index is 12.8. The van der Waals surface area contributed by atoms with Gasteiger partial charge < -0.3 is 5.32 Å². The molecule has 0 aliphatic heterocycles. The normalized spacial score (nSPS) is 11.7. The molecule has 0 unspecified atom stereocenters. The molecular formula is C22H26N4O3S. The lowest BCUT2D eigenvalue weighted by atomic mass is 10.1. The van der Waals surface area contributed by atoms with Crippen LogP contribution in [0.3, 0.4) is 0 Å². The van der Waals surface area contributed by atoms with Gasteiger partial charge >= 0.3 is 0 Å². The fourth-order valence-corrected chi connectivity index (χ4v) is 4.14. The van der Waals surface area contributed by atoms with Crippen molar-refractivity contribution in [1.29, 1.82) is 0 Å². The molecule has 1 N–H and O–H groups in total. The van der Waals surface area contributed by atoms with Gasteiger partial charge in [-0.05, 0) is 50.6 Å². The number of nitrogens with one attached hydrogen (secondary N) is 1. The number of amides is 1. The highest BCUT2D eigenvalue weighted by atomic mass is 32.2. The van der Waals surface area contributed by atoms with Gasteiger partial charge in [-0.1, -0.05) is 24.3 Å². The number of carbonyl (C=O) groups excluding carboxylic acids is 1. The number of hydrogen-bond acceptors (Lipinski definition) is 4. The van der Waals surface area contributed by atoms with Crippen molar-refractivity contribution < 1.29 is 13.2 Å². The first-order chi connectivity index (χ1) is 14.1. The van der Waals surface area contributed by atoms with Crippen LogP contribution in [0.1, 0.15) is 22.5 Å². The Labute approximate surface area is 177 Å². The summed E-state index contributed by atoms with van der Waals surface area (Å²) >= 11 is 0. The Kier molecular flexibility index (Phi) is 6.09. The molecular weight excluding hydrogens is 400 g/mol. The minimum atomic E-state index is -3.58. The van der Waals surface area contributed by atoms with Crippen LogP contribution in [0.5, 0.6) is 0 Å². The first-order valence-corrected chi connectivity index (χ1v) is 11.0. The number of benzene rings is 2. The number of para-hydroxylation sites is 1. The van der Waals surface area contributed by atoms with Crippen molar-refractivity contribution in [2.45, 2.75) is 32.1 Å². The lowest BCUT2D eigenvalue weighted by Gasteiger charge is -2.14. The lowest BCUT2D eigenvalue weighted by molar-refractivity contribution is -0.115. The summed E-state index contributed by atoms with van der Waals surface area (Å²) in [6, 6.07) is 14.5. The number of anilines is 1. The van der Waals surface area contributed by atoms with E-state index in [9.17, 15) is 13.2 Å². The smallest absolute Gasteiger partial charge is 0.242 e. The molecule has 0 saturated heterocycles. The fourth-order valence-electron chi connectivity index (χ4n) is 3.21. The summed E-state index contributed by atoms with van der Waals surface area (Å²) in [4.78, 5) is 12.9. The number of aryl methyl sites for hydroxylation is 2. The van der Waals surface area contributed by atoms with Gasteiger partial charge in [0.05, 0.1) is 22.7 Å². The monoisotopic (exact) mass is 426 g/mol. The Bertz CT molecular complexity index is 1180. The molecule has 0 saturated carbocycles. The number of carbonyl (C=O) groups is 1. The molecule has 2 aromatic carbocycles. The Morgan fingerprint density at radius 1 is 1.07 bits per heavy atom. The third-order valence-electron chi connectivity index (χ3n) is 5.04. The number of sulfonamides is 1. The molecule has 0 radical (unpaired) electrons. The maximum atomic E-state index is 12.8. The van der Waals surface area contributed by atoms with Crippen LogP contribution in [-0.4, -0.2) is 42.5 Å². The van der Waals surface area contributed by atoms with Crippen LogP contribution in [0, 0.1) is 20.8 Å². The van der Waals surface area contributed by atoms with Gasteiger partial charge in [-0.15, -0.1) is 0 Å². The molecule has 3 rings (SSSR count). The minimum Gasteiger partial charge on any atom is -0.326 e. The van der Waals surface area contributed by atoms with E-state index in [0.29, 0.717) is 5.69 Å². The largest absolute Gasteiger partial charge is 0.326 e. The standard InChI is InChI=1S/C22H26N4O3S/c1-15-11-12-19(30(28,29)25(4)5)13-21(15)23-22(27)14-20-16(2)24-26(17(20)3)18-9-7-6-8-10-18/h6-13H,14H2,1-5H3,(H,23,27). The highest BCUT2D eigenvalue weighted by Gasteiger charge is 2.20. The van der Waals surface area contributed by atoms with Gasteiger partial charge in [-0.25, -0.2) is 17.4 Å². The van der Waals surface area contributed by atoms with Crippen LogP contribution in [0.2, 0.25) is 0 Å². The molecule has 7 nitrogen and oxygen atoms in total. The van der Waals surface area contributed by atoms with Gasteiger partial charge in [0, 0.05) is 31.0 Å². The molecule has 0 bridgehead atoms. The summed E-state index contributed by atoms with van der Waals surface area (Å²) in [7, 11) is -0.632. The van der Waals surface area contributed by atoms with Crippen LogP contribution in [0.25, 0.3) is 5.69 Å². The molecule has 1 aromatic heterocycles. The van der Waals surface area contributed by atoms with Crippen molar-refractivity contribution in [3.8, 4) is 5.69 Å². The molecule has 1 heterocycles. The first kappa shape index (κ1) is 21.7. The van der Waals surface area contributed by atoms with Crippen LogP contribution < -0.4 is 5.32 Å². The fraction of sp³-hybridized carbons (Fsp3) is 0.273. The summed E-state index contributed by atoms with van der Waals surface area (Å²) in [6.07, 6.45) is 0.147. The van der Waals surface area contributed by atoms with Crippen molar-refractivity contribution in [2.24, 2.45) is 0 Å². The number of rotatable bonds is 6. The molecule has 158 valence electrons. The summed E-state index contributed by atoms with van der Waals surface area (Å²) < 4.78 is 27.8. The Hall–Kier alpha value is -2.97. The second-order valence-corrected chi connectivity index (χ2v) is 9.54. The average Bonchev–Trinajstić information content (AvgIpc) is 2.98. The maximum Gasteiger partial charge on any atom is 0.242 e. The quantitative estimate of drug-likeness (QED) is 0.656. The summed E-state index contributed by atoms with van der Waals surface area (Å²) in [6.45, 7) is 5.64. The first-order valence-electron chi connectivity index (χ1n) is 9.55. The molecule has 1 amide bonds. The summed E-state index contributed by atoms with van der Waals surface area (Å²) in [5.41, 5.74) is 4.73. The topological polar surface area (TPSA) is 84.3 Å². The molecule has 0 aliphatic carbocycles. The van der Waals surface area contributed by atoms with E-state index in [1.807, 2.05) is 55.8 Å². The highest BCUT2D eigenvalue weighted by Crippen LogP contribution is 2.23. The molecule has 0 fully saturated rings. The van der Waals surface area contributed by atoms with E-state index in [1.54, 1.807) is 12.1 Å². The van der Waals surface area contributed by atoms with E-state index in [0.717, 1.165) is 32.5 Å². The molecule has 0 atom stereocenters. The van der Waals surface area contributed by atoms with Gasteiger partial charge in [-0.3, -0.25) is 4.79 Å². The summed E-state index contributed by atoms with van der Waals surface area (Å²) in [5.74, 6) is -0.226. The van der Waals surface area contributed by atoms with Crippen molar-refractivity contribution in [1.82, 2.24) is 14.1 Å².